The van der Waals surface area contributed by atoms with Gasteiger partial charge in [0.15, 0.2) is 0 Å². The number of anilines is 3. The molecule has 2 aliphatic carbocycles. The van der Waals surface area contributed by atoms with Crippen LogP contribution in [0.4, 0.5) is 17.1 Å². The predicted octanol–water partition coefficient (Wildman–Crippen LogP) is 14.6. The van der Waals surface area contributed by atoms with Crippen LogP contribution in [0.25, 0.3) is 44.2 Å². The first-order valence-electron chi connectivity index (χ1n) is 20.0. The summed E-state index contributed by atoms with van der Waals surface area (Å²) in [6.45, 7) is 4.70. The van der Waals surface area contributed by atoms with Crippen molar-refractivity contribution < 1.29 is 0 Å². The summed E-state index contributed by atoms with van der Waals surface area (Å²) in [5.41, 5.74) is 18.5. The molecule has 9 aromatic carbocycles. The van der Waals surface area contributed by atoms with Crippen molar-refractivity contribution >= 4 is 27.8 Å². The number of hydrogen-bond donors (Lipinski definition) is 0. The third-order valence-electron chi connectivity index (χ3n) is 12.7. The standard InChI is InChI=1S/C56H41N/c1-55(2)50-25-15-14-24-47(50)48-34-32-45(37-52(48)55)57(43-21-10-5-11-22-43)44-30-26-38(27-31-44)40-28-33-49-53(36-40)56(41-17-6-3-7-18-41,42-19-8-4-9-20-42)51-35-29-39-16-12-13-23-46(39)54(49)51/h3-37H,1-2H3. The summed E-state index contributed by atoms with van der Waals surface area (Å²) in [5.74, 6) is 0. The predicted molar refractivity (Wildman–Crippen MR) is 239 cm³/mol. The van der Waals surface area contributed by atoms with E-state index in [4.69, 9.17) is 0 Å². The van der Waals surface area contributed by atoms with E-state index in [-0.39, 0.29) is 5.41 Å². The van der Waals surface area contributed by atoms with Gasteiger partial charge < -0.3 is 4.90 Å². The van der Waals surface area contributed by atoms with E-state index in [0.29, 0.717) is 0 Å². The van der Waals surface area contributed by atoms with Crippen molar-refractivity contribution in [1.82, 2.24) is 0 Å². The van der Waals surface area contributed by atoms with Gasteiger partial charge in [0.05, 0.1) is 5.41 Å². The molecule has 1 heteroatoms. The molecule has 0 amide bonds. The summed E-state index contributed by atoms with van der Waals surface area (Å²) in [6, 6.07) is 78.7. The van der Waals surface area contributed by atoms with E-state index < -0.39 is 5.41 Å². The zero-order chi connectivity index (χ0) is 38.1. The van der Waals surface area contributed by atoms with Gasteiger partial charge in [0, 0.05) is 22.5 Å². The second kappa shape index (κ2) is 12.8. The summed E-state index contributed by atoms with van der Waals surface area (Å²) in [4.78, 5) is 2.39. The van der Waals surface area contributed by atoms with E-state index in [2.05, 4.69) is 231 Å². The Morgan fingerprint density at radius 1 is 0.351 bits per heavy atom. The number of rotatable bonds is 6. The molecule has 0 aliphatic heterocycles. The molecular weight excluding hydrogens is 687 g/mol. The highest BCUT2D eigenvalue weighted by molar-refractivity contribution is 6.04. The van der Waals surface area contributed by atoms with Gasteiger partial charge in [-0.15, -0.1) is 0 Å². The molecule has 0 saturated heterocycles. The van der Waals surface area contributed by atoms with Crippen molar-refractivity contribution in [2.45, 2.75) is 24.7 Å². The van der Waals surface area contributed by atoms with Crippen LogP contribution in [0.2, 0.25) is 0 Å². The van der Waals surface area contributed by atoms with Crippen molar-refractivity contribution in [2.75, 3.05) is 4.90 Å². The van der Waals surface area contributed by atoms with Gasteiger partial charge in [0.1, 0.15) is 0 Å². The Hall–Kier alpha value is -6.96. The van der Waals surface area contributed by atoms with Crippen LogP contribution < -0.4 is 4.90 Å². The Morgan fingerprint density at radius 2 is 0.912 bits per heavy atom. The summed E-state index contributed by atoms with van der Waals surface area (Å²) in [6.07, 6.45) is 0. The fraction of sp³-hybridized carbons (Fsp3) is 0.0714. The quantitative estimate of drug-likeness (QED) is 0.165. The van der Waals surface area contributed by atoms with Gasteiger partial charge in [-0.05, 0) is 120 Å². The van der Waals surface area contributed by atoms with Crippen molar-refractivity contribution in [3.05, 3.63) is 246 Å². The molecule has 1 nitrogen and oxygen atoms in total. The van der Waals surface area contributed by atoms with Gasteiger partial charge >= 0.3 is 0 Å². The van der Waals surface area contributed by atoms with Gasteiger partial charge in [0.2, 0.25) is 0 Å². The SMILES string of the molecule is CC1(C)c2ccccc2-c2ccc(N(c3ccccc3)c3ccc(-c4ccc5c(c4)C(c4ccccc4)(c4ccccc4)c4ccc6ccccc6c4-5)cc3)cc21. The average molecular weight is 728 g/mol. The second-order valence-corrected chi connectivity index (χ2v) is 16.1. The monoisotopic (exact) mass is 727 g/mol. The van der Waals surface area contributed by atoms with E-state index in [1.54, 1.807) is 0 Å². The number of hydrogen-bond acceptors (Lipinski definition) is 1. The lowest BCUT2D eigenvalue weighted by Crippen LogP contribution is -2.28. The van der Waals surface area contributed by atoms with Crippen LogP contribution >= 0.6 is 0 Å². The molecule has 0 heterocycles. The van der Waals surface area contributed by atoms with Gasteiger partial charge in [-0.1, -0.05) is 184 Å². The average Bonchev–Trinajstić information content (AvgIpc) is 3.70. The molecule has 0 aromatic heterocycles. The number of benzene rings is 9. The van der Waals surface area contributed by atoms with Gasteiger partial charge in [-0.2, -0.15) is 0 Å². The Kier molecular flexibility index (Phi) is 7.50. The fourth-order valence-electron chi connectivity index (χ4n) is 10.1. The molecule has 0 bridgehead atoms. The highest BCUT2D eigenvalue weighted by atomic mass is 15.1. The Morgan fingerprint density at radius 3 is 1.65 bits per heavy atom. The highest BCUT2D eigenvalue weighted by Crippen LogP contribution is 2.58. The molecule has 9 aromatic rings. The normalized spacial score (nSPS) is 14.1. The maximum Gasteiger partial charge on any atom is 0.0714 e. The van der Waals surface area contributed by atoms with Crippen LogP contribution in [-0.2, 0) is 10.8 Å². The molecular formula is C56H41N. The van der Waals surface area contributed by atoms with Crippen molar-refractivity contribution in [1.29, 1.82) is 0 Å². The minimum absolute atomic E-state index is 0.0810. The lowest BCUT2D eigenvalue weighted by molar-refractivity contribution is 0.660. The zero-order valence-electron chi connectivity index (χ0n) is 32.2. The molecule has 0 fully saturated rings. The number of nitrogens with zero attached hydrogens (tertiary/aromatic N) is 1. The molecule has 11 rings (SSSR count). The van der Waals surface area contributed by atoms with Crippen LogP contribution in [0, 0.1) is 0 Å². The molecule has 0 N–H and O–H groups in total. The number of fused-ring (bicyclic) bond motifs is 8. The van der Waals surface area contributed by atoms with Crippen LogP contribution in [0.3, 0.4) is 0 Å². The minimum Gasteiger partial charge on any atom is -0.310 e. The van der Waals surface area contributed by atoms with Crippen molar-refractivity contribution in [2.24, 2.45) is 0 Å². The topological polar surface area (TPSA) is 3.24 Å². The largest absolute Gasteiger partial charge is 0.310 e. The van der Waals surface area contributed by atoms with E-state index in [9.17, 15) is 0 Å². The first-order chi connectivity index (χ1) is 28.0. The molecule has 270 valence electrons. The Bertz CT molecular complexity index is 2920. The van der Waals surface area contributed by atoms with E-state index >= 15 is 0 Å². The highest BCUT2D eigenvalue weighted by Gasteiger charge is 2.47. The van der Waals surface area contributed by atoms with Crippen LogP contribution in [0.5, 0.6) is 0 Å². The Labute approximate surface area is 335 Å². The Balaban J connectivity index is 1.06. The smallest absolute Gasteiger partial charge is 0.0714 e. The van der Waals surface area contributed by atoms with Gasteiger partial charge in [-0.25, -0.2) is 0 Å². The van der Waals surface area contributed by atoms with Crippen LogP contribution in [0.15, 0.2) is 212 Å². The summed E-state index contributed by atoms with van der Waals surface area (Å²) < 4.78 is 0. The number of para-hydroxylation sites is 1. The van der Waals surface area contributed by atoms with Gasteiger partial charge in [-0.3, -0.25) is 0 Å². The lowest BCUT2D eigenvalue weighted by atomic mass is 9.67. The van der Waals surface area contributed by atoms with E-state index in [0.717, 1.165) is 17.1 Å². The first kappa shape index (κ1) is 33.4. The zero-order valence-corrected chi connectivity index (χ0v) is 32.2. The second-order valence-electron chi connectivity index (χ2n) is 16.1. The van der Waals surface area contributed by atoms with Crippen molar-refractivity contribution in [3.8, 4) is 33.4 Å². The molecule has 57 heavy (non-hydrogen) atoms. The fourth-order valence-corrected chi connectivity index (χ4v) is 10.1. The molecule has 0 unspecified atom stereocenters. The maximum absolute atomic E-state index is 2.47. The lowest BCUT2D eigenvalue weighted by Gasteiger charge is -2.34. The third-order valence-corrected chi connectivity index (χ3v) is 12.7. The molecule has 0 radical (unpaired) electrons. The van der Waals surface area contributed by atoms with E-state index in [1.807, 2.05) is 0 Å². The minimum atomic E-state index is -0.474. The van der Waals surface area contributed by atoms with Crippen LogP contribution in [0.1, 0.15) is 47.2 Å². The summed E-state index contributed by atoms with van der Waals surface area (Å²) in [5, 5.41) is 2.56. The van der Waals surface area contributed by atoms with Crippen LogP contribution in [-0.4, -0.2) is 0 Å². The third kappa shape index (κ3) is 4.95. The molecule has 2 aliphatic rings. The summed E-state index contributed by atoms with van der Waals surface area (Å²) >= 11 is 0. The van der Waals surface area contributed by atoms with Crippen molar-refractivity contribution in [3.63, 3.8) is 0 Å². The maximum atomic E-state index is 2.47. The summed E-state index contributed by atoms with van der Waals surface area (Å²) in [7, 11) is 0. The van der Waals surface area contributed by atoms with Gasteiger partial charge in [0.25, 0.3) is 0 Å². The van der Waals surface area contributed by atoms with E-state index in [1.165, 1.54) is 77.5 Å². The molecule has 0 saturated carbocycles. The molecule has 0 atom stereocenters. The molecule has 0 spiro atoms. The first-order valence-corrected chi connectivity index (χ1v) is 20.0.